The fraction of sp³-hybridized carbons (Fsp3) is 0.250. The van der Waals surface area contributed by atoms with Gasteiger partial charge in [0.2, 0.25) is 5.91 Å². The Morgan fingerprint density at radius 1 is 1.03 bits per heavy atom. The van der Waals surface area contributed by atoms with E-state index in [1.165, 1.54) is 6.07 Å². The third-order valence-corrected chi connectivity index (χ3v) is 3.81. The first-order valence-corrected chi connectivity index (χ1v) is 8.90. The molecule has 2 aromatic rings. The number of nitrogens with one attached hydrogen (secondary N) is 3. The molecular formula is C20H25FIN5O2. The molecule has 0 atom stereocenters. The van der Waals surface area contributed by atoms with E-state index in [9.17, 15) is 14.0 Å². The number of aliphatic imine (C=N–C) groups is 1. The summed E-state index contributed by atoms with van der Waals surface area (Å²) in [6.07, 6.45) is 0. The zero-order valence-corrected chi connectivity index (χ0v) is 18.4. The highest BCUT2D eigenvalue weighted by Gasteiger charge is 2.06. The highest BCUT2D eigenvalue weighted by Crippen LogP contribution is 2.07. The summed E-state index contributed by atoms with van der Waals surface area (Å²) < 4.78 is 13.7. The molecule has 156 valence electrons. The largest absolute Gasteiger partial charge is 0.368 e. The Bertz CT molecular complexity index is 843. The second-order valence-corrected chi connectivity index (χ2v) is 5.99. The molecule has 2 amide bonds. The van der Waals surface area contributed by atoms with Crippen LogP contribution in [0.5, 0.6) is 0 Å². The topological polar surface area (TPSA) is 109 Å². The van der Waals surface area contributed by atoms with Gasteiger partial charge in [0.25, 0.3) is 5.91 Å². The lowest BCUT2D eigenvalue weighted by atomic mass is 10.1. The van der Waals surface area contributed by atoms with Crippen LogP contribution in [-0.4, -0.2) is 30.9 Å². The van der Waals surface area contributed by atoms with Gasteiger partial charge in [0.1, 0.15) is 5.82 Å². The highest BCUT2D eigenvalue weighted by molar-refractivity contribution is 14.0. The van der Waals surface area contributed by atoms with Gasteiger partial charge in [-0.25, -0.2) is 9.38 Å². The first-order chi connectivity index (χ1) is 13.5. The molecule has 0 aromatic heterocycles. The van der Waals surface area contributed by atoms with Gasteiger partial charge in [-0.3, -0.25) is 9.59 Å². The van der Waals surface area contributed by atoms with Crippen LogP contribution in [0.4, 0.5) is 4.39 Å². The van der Waals surface area contributed by atoms with Gasteiger partial charge < -0.3 is 21.7 Å². The van der Waals surface area contributed by atoms with Crippen molar-refractivity contribution in [1.82, 2.24) is 16.0 Å². The number of benzene rings is 2. The number of guanidine groups is 1. The van der Waals surface area contributed by atoms with E-state index in [1.54, 1.807) is 42.5 Å². The third-order valence-electron chi connectivity index (χ3n) is 3.81. The van der Waals surface area contributed by atoms with Crippen molar-refractivity contribution in [2.24, 2.45) is 10.7 Å². The molecular weight excluding hydrogens is 488 g/mol. The summed E-state index contributed by atoms with van der Waals surface area (Å²) in [6, 6.07) is 13.4. The number of rotatable bonds is 8. The van der Waals surface area contributed by atoms with Crippen molar-refractivity contribution in [3.8, 4) is 0 Å². The molecule has 9 heteroatoms. The van der Waals surface area contributed by atoms with Crippen LogP contribution >= 0.6 is 24.0 Å². The van der Waals surface area contributed by atoms with Crippen molar-refractivity contribution in [3.63, 3.8) is 0 Å². The molecule has 2 aromatic carbocycles. The fourth-order valence-electron chi connectivity index (χ4n) is 2.36. The summed E-state index contributed by atoms with van der Waals surface area (Å²) in [7, 11) is 0. The van der Waals surface area contributed by atoms with Crippen molar-refractivity contribution in [3.05, 3.63) is 71.0 Å². The van der Waals surface area contributed by atoms with Crippen LogP contribution in [0.3, 0.4) is 0 Å². The number of carbonyl (C=O) groups excluding carboxylic acids is 2. The molecule has 0 saturated carbocycles. The van der Waals surface area contributed by atoms with Gasteiger partial charge in [0, 0.05) is 24.2 Å². The molecule has 0 heterocycles. The lowest BCUT2D eigenvalue weighted by Crippen LogP contribution is -2.37. The molecule has 0 bridgehead atoms. The summed E-state index contributed by atoms with van der Waals surface area (Å²) in [5, 5.41) is 8.63. The van der Waals surface area contributed by atoms with Gasteiger partial charge in [-0.05, 0) is 30.7 Å². The maximum Gasteiger partial charge on any atom is 0.251 e. The molecule has 0 fully saturated rings. The van der Waals surface area contributed by atoms with Gasteiger partial charge >= 0.3 is 0 Å². The number of nitrogens with zero attached hydrogens (tertiary/aromatic N) is 1. The van der Waals surface area contributed by atoms with E-state index in [4.69, 9.17) is 5.73 Å². The fourth-order valence-corrected chi connectivity index (χ4v) is 2.36. The Balaban J connectivity index is 0.00000420. The third kappa shape index (κ3) is 8.46. The van der Waals surface area contributed by atoms with Gasteiger partial charge in [0.05, 0.1) is 13.1 Å². The Labute approximate surface area is 186 Å². The highest BCUT2D eigenvalue weighted by atomic mass is 127. The zero-order valence-electron chi connectivity index (χ0n) is 16.1. The smallest absolute Gasteiger partial charge is 0.251 e. The minimum absolute atomic E-state index is 0. The van der Waals surface area contributed by atoms with Crippen molar-refractivity contribution < 1.29 is 14.0 Å². The predicted molar refractivity (Wildman–Crippen MR) is 121 cm³/mol. The van der Waals surface area contributed by atoms with Gasteiger partial charge in [0.15, 0.2) is 5.96 Å². The molecule has 0 aliphatic carbocycles. The van der Waals surface area contributed by atoms with Crippen molar-refractivity contribution >= 4 is 41.8 Å². The van der Waals surface area contributed by atoms with Crippen LogP contribution in [0.25, 0.3) is 0 Å². The SMILES string of the molecule is CCNC(=NCc1ccc(C(=O)NCC(N)=O)cc1)NCc1ccccc1F.I. The lowest BCUT2D eigenvalue weighted by Gasteiger charge is -2.12. The summed E-state index contributed by atoms with van der Waals surface area (Å²) >= 11 is 0. The minimum atomic E-state index is -0.599. The summed E-state index contributed by atoms with van der Waals surface area (Å²) in [4.78, 5) is 27.0. The van der Waals surface area contributed by atoms with E-state index < -0.39 is 5.91 Å². The number of hydrogen-bond donors (Lipinski definition) is 4. The minimum Gasteiger partial charge on any atom is -0.368 e. The van der Waals surface area contributed by atoms with E-state index in [0.29, 0.717) is 36.7 Å². The molecule has 7 nitrogen and oxygen atoms in total. The standard InChI is InChI=1S/C20H24FN5O2.HI/c1-2-23-20(26-12-16-5-3-4-6-17(16)21)25-11-14-7-9-15(10-8-14)19(28)24-13-18(22)27;/h3-10H,2,11-13H2,1H3,(H2,22,27)(H,24,28)(H2,23,25,26);1H. The Kier molecular flexibility index (Phi) is 10.7. The van der Waals surface area contributed by atoms with Gasteiger partial charge in [-0.15, -0.1) is 24.0 Å². The van der Waals surface area contributed by atoms with Gasteiger partial charge in [-0.2, -0.15) is 0 Å². The quantitative estimate of drug-likeness (QED) is 0.246. The maximum atomic E-state index is 13.7. The van der Waals surface area contributed by atoms with E-state index in [-0.39, 0.29) is 42.2 Å². The molecule has 0 unspecified atom stereocenters. The van der Waals surface area contributed by atoms with Crippen LogP contribution in [0, 0.1) is 5.82 Å². The van der Waals surface area contributed by atoms with Crippen LogP contribution in [0.1, 0.15) is 28.4 Å². The predicted octanol–water partition coefficient (Wildman–Crippen LogP) is 1.91. The number of amides is 2. The molecule has 0 aliphatic heterocycles. The van der Waals surface area contributed by atoms with E-state index >= 15 is 0 Å². The zero-order chi connectivity index (χ0) is 20.4. The summed E-state index contributed by atoms with van der Waals surface area (Å²) in [6.45, 7) is 3.11. The number of nitrogens with two attached hydrogens (primary N) is 1. The van der Waals surface area contributed by atoms with Gasteiger partial charge in [-0.1, -0.05) is 30.3 Å². The molecule has 2 rings (SSSR count). The average molecular weight is 513 g/mol. The van der Waals surface area contributed by atoms with Crippen LogP contribution in [0.2, 0.25) is 0 Å². The second kappa shape index (κ2) is 12.7. The summed E-state index contributed by atoms with van der Waals surface area (Å²) in [5.41, 5.74) is 6.89. The van der Waals surface area contributed by atoms with Crippen molar-refractivity contribution in [2.75, 3.05) is 13.1 Å². The maximum absolute atomic E-state index is 13.7. The van der Waals surface area contributed by atoms with Crippen LogP contribution in [0.15, 0.2) is 53.5 Å². The molecule has 29 heavy (non-hydrogen) atoms. The molecule has 0 radical (unpaired) electrons. The van der Waals surface area contributed by atoms with Crippen molar-refractivity contribution in [2.45, 2.75) is 20.0 Å². The van der Waals surface area contributed by atoms with Crippen molar-refractivity contribution in [1.29, 1.82) is 0 Å². The first kappa shape index (κ1) is 24.3. The normalized spacial score (nSPS) is 10.6. The lowest BCUT2D eigenvalue weighted by molar-refractivity contribution is -0.117. The monoisotopic (exact) mass is 513 g/mol. The Hall–Kier alpha value is -2.69. The Morgan fingerprint density at radius 2 is 1.72 bits per heavy atom. The Morgan fingerprint density at radius 3 is 2.34 bits per heavy atom. The van der Waals surface area contributed by atoms with Crippen LogP contribution in [-0.2, 0) is 17.9 Å². The van der Waals surface area contributed by atoms with E-state index in [1.807, 2.05) is 6.92 Å². The number of hydrogen-bond acceptors (Lipinski definition) is 3. The van der Waals surface area contributed by atoms with E-state index in [0.717, 1.165) is 5.56 Å². The number of carbonyl (C=O) groups is 2. The molecule has 0 aliphatic rings. The molecule has 0 saturated heterocycles. The average Bonchev–Trinajstić information content (AvgIpc) is 2.69. The first-order valence-electron chi connectivity index (χ1n) is 8.90. The van der Waals surface area contributed by atoms with E-state index in [2.05, 4.69) is 20.9 Å². The summed E-state index contributed by atoms with van der Waals surface area (Å²) in [5.74, 6) is -0.669. The van der Waals surface area contributed by atoms with Crippen LogP contribution < -0.4 is 21.7 Å². The number of halogens is 2. The second-order valence-electron chi connectivity index (χ2n) is 5.99. The molecule has 5 N–H and O–H groups in total. The number of primary amides is 1. The molecule has 0 spiro atoms.